The highest BCUT2D eigenvalue weighted by molar-refractivity contribution is 4.69. The largest absolute Gasteiger partial charge is 0.272 e. The number of halogens is 5. The van der Waals surface area contributed by atoms with Crippen LogP contribution in [0, 0.1) is 0 Å². The van der Waals surface area contributed by atoms with E-state index < -0.39 is 31.9 Å². The third kappa shape index (κ3) is 2.98. The van der Waals surface area contributed by atoms with E-state index in [2.05, 4.69) is 0 Å². The molecule has 0 amide bonds. The highest BCUT2D eigenvalue weighted by Gasteiger charge is 2.28. The van der Waals surface area contributed by atoms with E-state index in [1.807, 2.05) is 0 Å². The van der Waals surface area contributed by atoms with Gasteiger partial charge in [0.1, 0.15) is 6.17 Å². The van der Waals surface area contributed by atoms with Crippen LogP contribution in [0.1, 0.15) is 6.42 Å². The molecule has 62 valence electrons. The van der Waals surface area contributed by atoms with Crippen molar-refractivity contribution < 1.29 is 22.0 Å². The number of hydrogen-bond acceptors (Lipinski definition) is 0. The van der Waals surface area contributed by atoms with Crippen molar-refractivity contribution >= 4 is 0 Å². The average molecular weight is 162 g/mol. The van der Waals surface area contributed by atoms with Crippen LogP contribution in [-0.4, -0.2) is 25.4 Å². The second-order valence-electron chi connectivity index (χ2n) is 1.77. The first-order chi connectivity index (χ1) is 4.59. The SMILES string of the molecule is FCCC(F)C(F)C(F)F. The molecule has 0 fully saturated rings. The molecular weight excluding hydrogens is 155 g/mol. The molecule has 0 bridgehead atoms. The van der Waals surface area contributed by atoms with Gasteiger partial charge < -0.3 is 0 Å². The summed E-state index contributed by atoms with van der Waals surface area (Å²) in [6.45, 7) is -1.12. The molecule has 0 rings (SSSR count). The van der Waals surface area contributed by atoms with Crippen LogP contribution < -0.4 is 0 Å². The molecule has 2 atom stereocenters. The fraction of sp³-hybridized carbons (Fsp3) is 1.00. The molecule has 0 aliphatic heterocycles. The van der Waals surface area contributed by atoms with Gasteiger partial charge in [0.25, 0.3) is 6.43 Å². The maximum absolute atomic E-state index is 12.0. The van der Waals surface area contributed by atoms with Gasteiger partial charge in [-0.25, -0.2) is 17.6 Å². The van der Waals surface area contributed by atoms with E-state index in [9.17, 15) is 22.0 Å². The Labute approximate surface area is 55.0 Å². The van der Waals surface area contributed by atoms with Gasteiger partial charge in [-0.1, -0.05) is 0 Å². The smallest absolute Gasteiger partial charge is 0.251 e. The normalized spacial score (nSPS) is 17.4. The van der Waals surface area contributed by atoms with Crippen LogP contribution in [0.25, 0.3) is 0 Å². The van der Waals surface area contributed by atoms with E-state index in [-0.39, 0.29) is 0 Å². The molecule has 0 aliphatic carbocycles. The summed E-state index contributed by atoms with van der Waals surface area (Å²) in [4.78, 5) is 0. The average Bonchev–Trinajstić information content (AvgIpc) is 1.87. The van der Waals surface area contributed by atoms with E-state index in [1.165, 1.54) is 0 Å². The van der Waals surface area contributed by atoms with Gasteiger partial charge in [-0.05, 0) is 0 Å². The van der Waals surface area contributed by atoms with Crippen molar-refractivity contribution in [1.29, 1.82) is 0 Å². The molecule has 0 saturated heterocycles. The van der Waals surface area contributed by atoms with Crippen LogP contribution in [0.5, 0.6) is 0 Å². The van der Waals surface area contributed by atoms with Gasteiger partial charge in [0, 0.05) is 6.42 Å². The summed E-state index contributed by atoms with van der Waals surface area (Å²) in [5.41, 5.74) is 0. The Morgan fingerprint density at radius 3 is 1.80 bits per heavy atom. The monoisotopic (exact) mass is 162 g/mol. The van der Waals surface area contributed by atoms with Gasteiger partial charge >= 0.3 is 0 Å². The third-order valence-electron chi connectivity index (χ3n) is 0.971. The zero-order valence-corrected chi connectivity index (χ0v) is 5.04. The van der Waals surface area contributed by atoms with Crippen molar-refractivity contribution in [3.8, 4) is 0 Å². The quantitative estimate of drug-likeness (QED) is 0.556. The lowest BCUT2D eigenvalue weighted by Crippen LogP contribution is -2.25. The lowest BCUT2D eigenvalue weighted by molar-refractivity contribution is -0.000445. The molecule has 0 N–H and O–H groups in total. The van der Waals surface area contributed by atoms with E-state index in [4.69, 9.17) is 0 Å². The summed E-state index contributed by atoms with van der Waals surface area (Å²) in [5.74, 6) is 0. The third-order valence-corrected chi connectivity index (χ3v) is 0.971. The molecule has 0 saturated carbocycles. The molecule has 0 heterocycles. The molecule has 0 aliphatic rings. The standard InChI is InChI=1S/C5H7F5/c6-2-1-3(7)4(8)5(9)10/h3-5H,1-2H2. The fourth-order valence-corrected chi connectivity index (χ4v) is 0.421. The zero-order chi connectivity index (χ0) is 8.15. The van der Waals surface area contributed by atoms with Crippen molar-refractivity contribution in [3.05, 3.63) is 0 Å². The maximum Gasteiger partial charge on any atom is 0.272 e. The molecule has 0 aromatic carbocycles. The Morgan fingerprint density at radius 1 is 1.00 bits per heavy atom. The van der Waals surface area contributed by atoms with Crippen LogP contribution in [0.2, 0.25) is 0 Å². The Hall–Kier alpha value is -0.350. The van der Waals surface area contributed by atoms with Crippen LogP contribution in [0.15, 0.2) is 0 Å². The van der Waals surface area contributed by atoms with Crippen LogP contribution in [-0.2, 0) is 0 Å². The first-order valence-electron chi connectivity index (χ1n) is 2.72. The molecule has 0 spiro atoms. The van der Waals surface area contributed by atoms with Crippen molar-refractivity contribution in [2.45, 2.75) is 25.2 Å². The zero-order valence-electron chi connectivity index (χ0n) is 5.04. The highest BCUT2D eigenvalue weighted by Crippen LogP contribution is 2.15. The van der Waals surface area contributed by atoms with Gasteiger partial charge in [-0.15, -0.1) is 0 Å². The first-order valence-corrected chi connectivity index (χ1v) is 2.72. The van der Waals surface area contributed by atoms with E-state index in [0.717, 1.165) is 0 Å². The van der Waals surface area contributed by atoms with Gasteiger partial charge in [0.15, 0.2) is 6.17 Å². The molecule has 0 radical (unpaired) electrons. The number of rotatable bonds is 4. The molecule has 5 heteroatoms. The summed E-state index contributed by atoms with van der Waals surface area (Å²) < 4.78 is 57.5. The number of alkyl halides is 5. The summed E-state index contributed by atoms with van der Waals surface area (Å²) in [7, 11) is 0. The van der Waals surface area contributed by atoms with Crippen molar-refractivity contribution in [3.63, 3.8) is 0 Å². The Balaban J connectivity index is 3.58. The van der Waals surface area contributed by atoms with Crippen molar-refractivity contribution in [2.75, 3.05) is 6.67 Å². The second-order valence-corrected chi connectivity index (χ2v) is 1.77. The molecule has 2 unspecified atom stereocenters. The van der Waals surface area contributed by atoms with E-state index in [1.54, 1.807) is 0 Å². The molecule has 0 nitrogen and oxygen atoms in total. The minimum absolute atomic E-state index is 0.800. The fourth-order valence-electron chi connectivity index (χ4n) is 0.421. The topological polar surface area (TPSA) is 0 Å². The predicted molar refractivity (Wildman–Crippen MR) is 26.4 cm³/mol. The van der Waals surface area contributed by atoms with Gasteiger partial charge in [0.2, 0.25) is 0 Å². The summed E-state index contributed by atoms with van der Waals surface area (Å²) in [6, 6.07) is 0. The van der Waals surface area contributed by atoms with Crippen LogP contribution >= 0.6 is 0 Å². The lowest BCUT2D eigenvalue weighted by atomic mass is 10.2. The van der Waals surface area contributed by atoms with Gasteiger partial charge in [-0.3, -0.25) is 4.39 Å². The summed E-state index contributed by atoms with van der Waals surface area (Å²) >= 11 is 0. The second kappa shape index (κ2) is 4.46. The molecule has 0 aromatic heterocycles. The first kappa shape index (κ1) is 9.65. The van der Waals surface area contributed by atoms with Crippen LogP contribution in [0.4, 0.5) is 22.0 Å². The molecule has 10 heavy (non-hydrogen) atoms. The van der Waals surface area contributed by atoms with Gasteiger partial charge in [0.05, 0.1) is 6.67 Å². The predicted octanol–water partition coefficient (Wildman–Crippen LogP) is 2.29. The summed E-state index contributed by atoms with van der Waals surface area (Å²) in [5, 5.41) is 0. The minimum atomic E-state index is -3.36. The Morgan fingerprint density at radius 2 is 1.50 bits per heavy atom. The molecular formula is C5H7F5. The highest BCUT2D eigenvalue weighted by atomic mass is 19.3. The lowest BCUT2D eigenvalue weighted by Gasteiger charge is -2.09. The van der Waals surface area contributed by atoms with E-state index in [0.29, 0.717) is 0 Å². The van der Waals surface area contributed by atoms with E-state index >= 15 is 0 Å². The minimum Gasteiger partial charge on any atom is -0.251 e. The number of hydrogen-bond donors (Lipinski definition) is 0. The van der Waals surface area contributed by atoms with Crippen molar-refractivity contribution in [1.82, 2.24) is 0 Å². The summed E-state index contributed by atoms with van der Waals surface area (Å²) in [6.07, 6.45) is -9.40. The Kier molecular flexibility index (Phi) is 4.31. The maximum atomic E-state index is 12.0. The Bertz CT molecular complexity index is 84.1. The van der Waals surface area contributed by atoms with Crippen molar-refractivity contribution in [2.24, 2.45) is 0 Å². The molecule has 0 aromatic rings. The van der Waals surface area contributed by atoms with Gasteiger partial charge in [-0.2, -0.15) is 0 Å². The van der Waals surface area contributed by atoms with Crippen LogP contribution in [0.3, 0.4) is 0 Å².